The Morgan fingerprint density at radius 1 is 0.449 bits per heavy atom. The molecule has 0 aromatic heterocycles. The third-order valence-corrected chi connectivity index (χ3v) is 21.4. The Morgan fingerprint density at radius 2 is 1.00 bits per heavy atom. The standard InChI is InChI=1S/C64H70BN3Si/c1-60(2,3)43-28-30-46(31-29-43)66-51-23-19-25-55-58(51)65-57-53(66)39-48(68-50-32-27-42(41-21-15-14-16-22-41)35-49(50)63(10)33-17-18-34-64(63,68)11)40-54(57)67(52-24-20-26-56(59(52)65)69(55,12)13)47-37-44(61(4,5)6)36-45(38-47)62(7,8)9/h14-16,19-32,35-40H,17-18,33-34H2,1-13H3. The van der Waals surface area contributed by atoms with E-state index in [-0.39, 0.29) is 33.9 Å². The van der Waals surface area contributed by atoms with Gasteiger partial charge in [-0.25, -0.2) is 0 Å². The smallest absolute Gasteiger partial charge is 0.251 e. The van der Waals surface area contributed by atoms with E-state index in [1.165, 1.54) is 115 Å². The second-order valence-electron chi connectivity index (χ2n) is 25.4. The molecule has 4 heterocycles. The van der Waals surface area contributed by atoms with Crippen LogP contribution in [0.25, 0.3) is 11.1 Å². The van der Waals surface area contributed by atoms with Crippen LogP contribution in [-0.2, 0) is 21.7 Å². The fourth-order valence-corrected chi connectivity index (χ4v) is 16.9. The molecular weight excluding hydrogens is 850 g/mol. The second kappa shape index (κ2) is 14.6. The first-order valence-corrected chi connectivity index (χ1v) is 28.9. The van der Waals surface area contributed by atoms with Crippen LogP contribution in [0.4, 0.5) is 45.5 Å². The van der Waals surface area contributed by atoms with Crippen LogP contribution in [-0.4, -0.2) is 20.3 Å². The van der Waals surface area contributed by atoms with Crippen LogP contribution in [0.15, 0.2) is 140 Å². The summed E-state index contributed by atoms with van der Waals surface area (Å²) in [6, 6.07) is 55.4. The predicted octanol–water partition coefficient (Wildman–Crippen LogP) is 14.2. The topological polar surface area (TPSA) is 9.72 Å². The van der Waals surface area contributed by atoms with Gasteiger partial charge in [-0.05, 0) is 146 Å². The first kappa shape index (κ1) is 44.4. The van der Waals surface area contributed by atoms with Gasteiger partial charge >= 0.3 is 0 Å². The number of anilines is 8. The number of hydrogen-bond acceptors (Lipinski definition) is 3. The van der Waals surface area contributed by atoms with Crippen LogP contribution in [0.5, 0.6) is 0 Å². The van der Waals surface area contributed by atoms with Crippen molar-refractivity contribution in [2.75, 3.05) is 14.7 Å². The van der Waals surface area contributed by atoms with E-state index >= 15 is 0 Å². The molecule has 348 valence electrons. The lowest BCUT2D eigenvalue weighted by Gasteiger charge is -2.52. The third kappa shape index (κ3) is 6.30. The summed E-state index contributed by atoms with van der Waals surface area (Å²) in [5, 5.41) is 3.14. The van der Waals surface area contributed by atoms with Gasteiger partial charge in [-0.3, -0.25) is 0 Å². The molecule has 0 radical (unpaired) electrons. The minimum atomic E-state index is -2.19. The first-order valence-electron chi connectivity index (χ1n) is 25.9. The van der Waals surface area contributed by atoms with Crippen molar-refractivity contribution in [2.45, 2.75) is 142 Å². The largest absolute Gasteiger partial charge is 0.334 e. The van der Waals surface area contributed by atoms with E-state index in [4.69, 9.17) is 0 Å². The van der Waals surface area contributed by atoms with Crippen molar-refractivity contribution in [1.29, 1.82) is 0 Å². The van der Waals surface area contributed by atoms with E-state index in [1.54, 1.807) is 10.4 Å². The van der Waals surface area contributed by atoms with Crippen LogP contribution in [0.2, 0.25) is 13.1 Å². The molecule has 2 atom stereocenters. The molecule has 1 aliphatic carbocycles. The summed E-state index contributed by atoms with van der Waals surface area (Å²) < 4.78 is 0. The maximum Gasteiger partial charge on any atom is 0.251 e. The van der Waals surface area contributed by atoms with Crippen molar-refractivity contribution < 1.29 is 0 Å². The van der Waals surface area contributed by atoms with E-state index in [2.05, 4.69) is 243 Å². The lowest BCUT2D eigenvalue weighted by Crippen LogP contribution is -2.79. The third-order valence-electron chi connectivity index (χ3n) is 17.8. The van der Waals surface area contributed by atoms with Crippen molar-refractivity contribution in [3.05, 3.63) is 162 Å². The molecule has 0 N–H and O–H groups in total. The maximum atomic E-state index is 2.83. The molecule has 12 rings (SSSR count). The molecule has 4 aliphatic heterocycles. The predicted molar refractivity (Wildman–Crippen MR) is 302 cm³/mol. The summed E-state index contributed by atoms with van der Waals surface area (Å²) in [6.45, 7) is 31.8. The van der Waals surface area contributed by atoms with E-state index in [9.17, 15) is 0 Å². The van der Waals surface area contributed by atoms with Crippen molar-refractivity contribution in [2.24, 2.45) is 0 Å². The highest BCUT2D eigenvalue weighted by atomic mass is 28.3. The Hall–Kier alpha value is -5.78. The minimum Gasteiger partial charge on any atom is -0.334 e. The Bertz CT molecular complexity index is 3220. The Morgan fingerprint density at radius 3 is 1.57 bits per heavy atom. The Balaban J connectivity index is 1.21. The Kier molecular flexibility index (Phi) is 9.43. The quantitative estimate of drug-likeness (QED) is 0.163. The molecule has 0 saturated heterocycles. The lowest BCUT2D eigenvalue weighted by atomic mass is 9.33. The van der Waals surface area contributed by atoms with Gasteiger partial charge in [0.1, 0.15) is 8.07 Å². The van der Waals surface area contributed by atoms with Gasteiger partial charge in [0.05, 0.1) is 5.54 Å². The second-order valence-corrected chi connectivity index (χ2v) is 29.7. The van der Waals surface area contributed by atoms with E-state index in [1.807, 2.05) is 0 Å². The van der Waals surface area contributed by atoms with Crippen LogP contribution in [0, 0.1) is 0 Å². The average Bonchev–Trinajstić information content (AvgIpc) is 3.52. The molecular formula is C64H70BN3Si. The number of rotatable bonds is 4. The van der Waals surface area contributed by atoms with Gasteiger partial charge < -0.3 is 14.7 Å². The van der Waals surface area contributed by atoms with E-state index in [0.717, 1.165) is 6.42 Å². The molecule has 1 saturated carbocycles. The van der Waals surface area contributed by atoms with Crippen LogP contribution < -0.4 is 41.5 Å². The molecule has 5 heteroatoms. The molecule has 0 amide bonds. The summed E-state index contributed by atoms with van der Waals surface area (Å²) in [5.74, 6) is 0. The molecule has 7 aromatic rings. The van der Waals surface area contributed by atoms with Gasteiger partial charge in [0.2, 0.25) is 0 Å². The highest BCUT2D eigenvalue weighted by Crippen LogP contribution is 2.62. The molecule has 0 bridgehead atoms. The van der Waals surface area contributed by atoms with Gasteiger partial charge in [-0.1, -0.05) is 184 Å². The SMILES string of the molecule is CC(C)(C)c1ccc(N2c3cc(N4c5ccc(-c6ccccc6)cc5C5(C)CCCCC45C)cc4c3B3c5c2cccc5[Si](C)(C)c2cccc(c23)N4c2cc(C(C)(C)C)cc(C(C)(C)C)c2)cc1. The molecule has 2 unspecified atom stereocenters. The summed E-state index contributed by atoms with van der Waals surface area (Å²) >= 11 is 0. The molecule has 0 spiro atoms. The number of benzene rings is 7. The highest BCUT2D eigenvalue weighted by Gasteiger charge is 2.59. The summed E-state index contributed by atoms with van der Waals surface area (Å²) in [6.07, 6.45) is 4.78. The van der Waals surface area contributed by atoms with Crippen LogP contribution >= 0.6 is 0 Å². The molecule has 1 fully saturated rings. The summed E-state index contributed by atoms with van der Waals surface area (Å²) in [5.41, 5.74) is 22.8. The van der Waals surface area contributed by atoms with Crippen LogP contribution in [0.3, 0.4) is 0 Å². The van der Waals surface area contributed by atoms with E-state index < -0.39 is 8.07 Å². The summed E-state index contributed by atoms with van der Waals surface area (Å²) in [7, 11) is -2.19. The zero-order valence-electron chi connectivity index (χ0n) is 43.5. The van der Waals surface area contributed by atoms with Crippen molar-refractivity contribution in [3.63, 3.8) is 0 Å². The zero-order valence-corrected chi connectivity index (χ0v) is 44.5. The number of fused-ring (bicyclic) bond motifs is 3. The molecule has 5 aliphatic rings. The Labute approximate surface area is 414 Å². The van der Waals surface area contributed by atoms with Crippen molar-refractivity contribution >= 4 is 87.0 Å². The first-order chi connectivity index (χ1) is 32.6. The summed E-state index contributed by atoms with van der Waals surface area (Å²) in [4.78, 5) is 8.23. The zero-order chi connectivity index (χ0) is 48.4. The van der Waals surface area contributed by atoms with Gasteiger partial charge in [-0.2, -0.15) is 0 Å². The normalized spacial score (nSPS) is 20.7. The van der Waals surface area contributed by atoms with Gasteiger partial charge in [0.15, 0.2) is 0 Å². The van der Waals surface area contributed by atoms with E-state index in [0.29, 0.717) is 0 Å². The molecule has 7 aromatic carbocycles. The maximum absolute atomic E-state index is 2.83. The van der Waals surface area contributed by atoms with Gasteiger partial charge in [0.25, 0.3) is 6.71 Å². The lowest BCUT2D eigenvalue weighted by molar-refractivity contribution is 0.195. The van der Waals surface area contributed by atoms with Crippen molar-refractivity contribution in [3.8, 4) is 11.1 Å². The van der Waals surface area contributed by atoms with Gasteiger partial charge in [-0.15, -0.1) is 0 Å². The fraction of sp³-hybridized carbons (Fsp3) is 0.344. The van der Waals surface area contributed by atoms with Crippen LogP contribution in [0.1, 0.15) is 124 Å². The monoisotopic (exact) mass is 920 g/mol. The van der Waals surface area contributed by atoms with Gasteiger partial charge in [0, 0.05) is 50.9 Å². The number of hydrogen-bond donors (Lipinski definition) is 0. The fourth-order valence-electron chi connectivity index (χ4n) is 13.7. The number of nitrogens with zero attached hydrogens (tertiary/aromatic N) is 3. The molecule has 3 nitrogen and oxygen atoms in total. The molecule has 69 heavy (non-hydrogen) atoms. The highest BCUT2D eigenvalue weighted by molar-refractivity contribution is 7.16. The average molecular weight is 920 g/mol. The van der Waals surface area contributed by atoms with Crippen molar-refractivity contribution in [1.82, 2.24) is 0 Å². The minimum absolute atomic E-state index is 0.0358.